The van der Waals surface area contributed by atoms with Crippen LogP contribution in [0.25, 0.3) is 0 Å². The molecule has 1 aliphatic rings. The number of pyridine rings is 1. The Morgan fingerprint density at radius 1 is 1.21 bits per heavy atom. The third kappa shape index (κ3) is 3.87. The summed E-state index contributed by atoms with van der Waals surface area (Å²) in [4.78, 5) is 17.9. The van der Waals surface area contributed by atoms with Crippen LogP contribution in [-0.4, -0.2) is 50.9 Å². The van der Waals surface area contributed by atoms with Gasteiger partial charge in [-0.1, -0.05) is 17.7 Å². The van der Waals surface area contributed by atoms with E-state index in [9.17, 15) is 0 Å². The molecule has 1 unspecified atom stereocenters. The van der Waals surface area contributed by atoms with Gasteiger partial charge in [0.2, 0.25) is 5.95 Å². The summed E-state index contributed by atoms with van der Waals surface area (Å²) < 4.78 is 1.72. The lowest BCUT2D eigenvalue weighted by molar-refractivity contribution is 0.683. The largest absolute Gasteiger partial charge is 0.354 e. The van der Waals surface area contributed by atoms with E-state index in [0.717, 1.165) is 36.6 Å². The maximum Gasteiger partial charge on any atom is 0.229 e. The van der Waals surface area contributed by atoms with Crippen molar-refractivity contribution in [1.29, 1.82) is 0 Å². The fourth-order valence-electron chi connectivity index (χ4n) is 3.37. The fourth-order valence-corrected chi connectivity index (χ4v) is 3.59. The minimum Gasteiger partial charge on any atom is -0.354 e. The van der Waals surface area contributed by atoms with Gasteiger partial charge < -0.3 is 15.1 Å². The summed E-state index contributed by atoms with van der Waals surface area (Å²) in [7, 11) is 3.89. The summed E-state index contributed by atoms with van der Waals surface area (Å²) in [6.45, 7) is 3.87. The van der Waals surface area contributed by atoms with Gasteiger partial charge in [-0.15, -0.1) is 0 Å². The van der Waals surface area contributed by atoms with Gasteiger partial charge in [0.25, 0.3) is 0 Å². The second kappa shape index (κ2) is 7.63. The third-order valence-corrected chi connectivity index (χ3v) is 5.22. The van der Waals surface area contributed by atoms with Crippen LogP contribution in [0.2, 0.25) is 5.02 Å². The van der Waals surface area contributed by atoms with Crippen LogP contribution in [-0.2, 0) is 7.05 Å². The molecular weight excluding hydrogens is 376 g/mol. The SMILES string of the molecule is Cc1ccc(N2CCC(N(C)c3nc(Nc4cnn(C)c4)ncc3Cl)C2)nc1. The van der Waals surface area contributed by atoms with E-state index in [0.29, 0.717) is 22.8 Å². The van der Waals surface area contributed by atoms with Gasteiger partial charge in [0.05, 0.1) is 18.1 Å². The zero-order valence-electron chi connectivity index (χ0n) is 16.2. The molecule has 0 aliphatic carbocycles. The summed E-state index contributed by atoms with van der Waals surface area (Å²) >= 11 is 6.41. The Kier molecular flexibility index (Phi) is 5.04. The predicted molar refractivity (Wildman–Crippen MR) is 112 cm³/mol. The van der Waals surface area contributed by atoms with Crippen molar-refractivity contribution in [2.75, 3.05) is 35.3 Å². The zero-order valence-corrected chi connectivity index (χ0v) is 16.9. The van der Waals surface area contributed by atoms with Crippen molar-refractivity contribution in [1.82, 2.24) is 24.7 Å². The monoisotopic (exact) mass is 398 g/mol. The number of nitrogens with zero attached hydrogens (tertiary/aromatic N) is 7. The standard InChI is InChI=1S/C19H23ClN8/c1-13-4-5-17(21-8-13)28-7-6-15(12-28)27(3)18-16(20)10-22-19(25-18)24-14-9-23-26(2)11-14/h4-5,8-11,15H,6-7,12H2,1-3H3,(H,22,24,25). The first-order valence-electron chi connectivity index (χ1n) is 9.18. The lowest BCUT2D eigenvalue weighted by atomic mass is 10.2. The first-order chi connectivity index (χ1) is 13.5. The molecule has 3 aromatic heterocycles. The minimum absolute atomic E-state index is 0.293. The molecule has 1 aliphatic heterocycles. The molecule has 1 N–H and O–H groups in total. The molecule has 0 bridgehead atoms. The minimum atomic E-state index is 0.293. The van der Waals surface area contributed by atoms with Gasteiger partial charge in [0.15, 0.2) is 5.82 Å². The molecule has 1 saturated heterocycles. The molecular formula is C19H23ClN8. The molecule has 1 fully saturated rings. The van der Waals surface area contributed by atoms with E-state index < -0.39 is 0 Å². The van der Waals surface area contributed by atoms with Crippen LogP contribution in [0.15, 0.2) is 36.9 Å². The molecule has 3 aromatic rings. The van der Waals surface area contributed by atoms with Crippen molar-refractivity contribution >= 4 is 34.9 Å². The van der Waals surface area contributed by atoms with Crippen molar-refractivity contribution < 1.29 is 0 Å². The second-order valence-corrected chi connectivity index (χ2v) is 7.49. The Hall–Kier alpha value is -2.87. The van der Waals surface area contributed by atoms with Gasteiger partial charge in [-0.05, 0) is 25.0 Å². The number of nitrogens with one attached hydrogen (secondary N) is 1. The van der Waals surface area contributed by atoms with Gasteiger partial charge in [0.1, 0.15) is 10.8 Å². The maximum atomic E-state index is 6.41. The second-order valence-electron chi connectivity index (χ2n) is 7.09. The van der Waals surface area contributed by atoms with E-state index in [1.807, 2.05) is 33.4 Å². The quantitative estimate of drug-likeness (QED) is 0.707. The lowest BCUT2D eigenvalue weighted by Gasteiger charge is -2.27. The molecule has 0 saturated carbocycles. The average Bonchev–Trinajstić information content (AvgIpc) is 3.33. The topological polar surface area (TPSA) is 75.0 Å². The molecule has 0 amide bonds. The molecule has 9 heteroatoms. The number of hydrogen-bond donors (Lipinski definition) is 1. The highest BCUT2D eigenvalue weighted by Crippen LogP contribution is 2.29. The molecule has 4 rings (SSSR count). The van der Waals surface area contributed by atoms with Crippen LogP contribution in [0, 0.1) is 6.92 Å². The Morgan fingerprint density at radius 2 is 2.07 bits per heavy atom. The van der Waals surface area contributed by atoms with Crippen LogP contribution >= 0.6 is 11.6 Å². The first-order valence-corrected chi connectivity index (χ1v) is 9.56. The number of halogens is 1. The number of hydrogen-bond acceptors (Lipinski definition) is 7. The zero-order chi connectivity index (χ0) is 19.7. The third-order valence-electron chi connectivity index (χ3n) is 4.95. The highest BCUT2D eigenvalue weighted by Gasteiger charge is 2.28. The average molecular weight is 399 g/mol. The predicted octanol–water partition coefficient (Wildman–Crippen LogP) is 3.03. The Balaban J connectivity index is 1.49. The summed E-state index contributed by atoms with van der Waals surface area (Å²) in [5, 5.41) is 7.84. The molecule has 28 heavy (non-hydrogen) atoms. The van der Waals surface area contributed by atoms with E-state index in [1.165, 1.54) is 0 Å². The van der Waals surface area contributed by atoms with E-state index in [2.05, 4.69) is 47.3 Å². The molecule has 4 heterocycles. The number of likely N-dealkylation sites (N-methyl/N-ethyl adjacent to an activating group) is 1. The van der Waals surface area contributed by atoms with Crippen molar-refractivity contribution in [3.63, 3.8) is 0 Å². The van der Waals surface area contributed by atoms with Gasteiger partial charge >= 0.3 is 0 Å². The van der Waals surface area contributed by atoms with E-state index in [1.54, 1.807) is 17.1 Å². The van der Waals surface area contributed by atoms with Crippen molar-refractivity contribution in [3.05, 3.63) is 47.5 Å². The molecule has 8 nitrogen and oxygen atoms in total. The van der Waals surface area contributed by atoms with Gasteiger partial charge in [-0.25, -0.2) is 9.97 Å². The van der Waals surface area contributed by atoms with E-state index >= 15 is 0 Å². The highest BCUT2D eigenvalue weighted by molar-refractivity contribution is 6.32. The normalized spacial score (nSPS) is 16.4. The molecule has 0 aromatic carbocycles. The number of aromatic nitrogens is 5. The fraction of sp³-hybridized carbons (Fsp3) is 0.368. The first kappa shape index (κ1) is 18.5. The summed E-state index contributed by atoms with van der Waals surface area (Å²) in [6.07, 6.45) is 8.14. The van der Waals surface area contributed by atoms with Gasteiger partial charge in [0, 0.05) is 45.6 Å². The van der Waals surface area contributed by atoms with Crippen molar-refractivity contribution in [2.45, 2.75) is 19.4 Å². The molecule has 0 spiro atoms. The molecule has 1 atom stereocenters. The van der Waals surface area contributed by atoms with Crippen LogP contribution < -0.4 is 15.1 Å². The maximum absolute atomic E-state index is 6.41. The number of anilines is 4. The lowest BCUT2D eigenvalue weighted by Crippen LogP contribution is -2.35. The summed E-state index contributed by atoms with van der Waals surface area (Å²) in [6, 6.07) is 4.46. The Labute approximate surface area is 169 Å². The van der Waals surface area contributed by atoms with Crippen LogP contribution in [0.3, 0.4) is 0 Å². The van der Waals surface area contributed by atoms with Crippen molar-refractivity contribution in [2.24, 2.45) is 7.05 Å². The summed E-state index contributed by atoms with van der Waals surface area (Å²) in [5.74, 6) is 2.22. The Bertz CT molecular complexity index is 955. The van der Waals surface area contributed by atoms with E-state index in [4.69, 9.17) is 11.6 Å². The van der Waals surface area contributed by atoms with Crippen molar-refractivity contribution in [3.8, 4) is 0 Å². The van der Waals surface area contributed by atoms with Crippen LogP contribution in [0.5, 0.6) is 0 Å². The van der Waals surface area contributed by atoms with E-state index in [-0.39, 0.29) is 0 Å². The van der Waals surface area contributed by atoms with Crippen LogP contribution in [0.1, 0.15) is 12.0 Å². The summed E-state index contributed by atoms with van der Waals surface area (Å²) in [5.41, 5.74) is 1.99. The smallest absolute Gasteiger partial charge is 0.229 e. The van der Waals surface area contributed by atoms with Gasteiger partial charge in [-0.2, -0.15) is 10.1 Å². The number of aryl methyl sites for hydroxylation is 2. The number of rotatable bonds is 5. The molecule has 146 valence electrons. The van der Waals surface area contributed by atoms with Crippen LogP contribution in [0.4, 0.5) is 23.3 Å². The highest BCUT2D eigenvalue weighted by atomic mass is 35.5. The molecule has 0 radical (unpaired) electrons. The Morgan fingerprint density at radius 3 is 2.79 bits per heavy atom. The van der Waals surface area contributed by atoms with Gasteiger partial charge in [-0.3, -0.25) is 4.68 Å².